The molecule has 0 fully saturated rings. The maximum absolute atomic E-state index is 9.59. The van der Waals surface area contributed by atoms with Gasteiger partial charge in [0.05, 0.1) is 21.9 Å². The molecule has 4 aromatic rings. The predicted molar refractivity (Wildman–Crippen MR) is 78.0 cm³/mol. The van der Waals surface area contributed by atoms with Gasteiger partial charge >= 0.3 is 0 Å². The molecule has 20 heavy (non-hydrogen) atoms. The first-order chi connectivity index (χ1) is 9.72. The molecule has 4 rings (SSSR count). The zero-order valence-electron chi connectivity index (χ0n) is 10.2. The summed E-state index contributed by atoms with van der Waals surface area (Å²) in [5.41, 5.74) is 2.64. The summed E-state index contributed by atoms with van der Waals surface area (Å²) in [5, 5.41) is 27.8. The van der Waals surface area contributed by atoms with Gasteiger partial charge in [0.2, 0.25) is 0 Å². The van der Waals surface area contributed by atoms with E-state index >= 15 is 0 Å². The largest absolute Gasteiger partial charge is 0.504 e. The molecule has 0 unspecified atom stereocenters. The number of phenolic OH excluding ortho intramolecular Hbond substituents is 2. The molecule has 0 spiro atoms. The summed E-state index contributed by atoms with van der Waals surface area (Å²) in [6.07, 6.45) is 1.79. The van der Waals surface area contributed by atoms with Crippen molar-refractivity contribution in [1.29, 1.82) is 0 Å². The van der Waals surface area contributed by atoms with Crippen LogP contribution < -0.4 is 0 Å². The van der Waals surface area contributed by atoms with Crippen molar-refractivity contribution in [3.05, 3.63) is 36.5 Å². The van der Waals surface area contributed by atoms with Crippen LogP contribution in [0.1, 0.15) is 0 Å². The van der Waals surface area contributed by atoms with Gasteiger partial charge in [-0.2, -0.15) is 5.10 Å². The molecule has 5 nitrogen and oxygen atoms in total. The summed E-state index contributed by atoms with van der Waals surface area (Å²) in [4.78, 5) is 4.57. The Bertz CT molecular complexity index is 942. The molecule has 0 aliphatic carbocycles. The molecule has 0 saturated carbocycles. The van der Waals surface area contributed by atoms with E-state index < -0.39 is 0 Å². The molecule has 0 saturated heterocycles. The van der Waals surface area contributed by atoms with Gasteiger partial charge in [0.15, 0.2) is 11.5 Å². The van der Waals surface area contributed by atoms with Gasteiger partial charge in [-0.3, -0.25) is 5.10 Å². The lowest BCUT2D eigenvalue weighted by Crippen LogP contribution is -1.76. The minimum Gasteiger partial charge on any atom is -0.504 e. The van der Waals surface area contributed by atoms with Crippen LogP contribution in [0, 0.1) is 0 Å². The first-order valence-electron chi connectivity index (χ1n) is 5.97. The SMILES string of the molecule is Oc1ccc(-c2nc3ccc4[nH]ncc4c3s2)cc1O. The summed E-state index contributed by atoms with van der Waals surface area (Å²) in [6, 6.07) is 8.60. The predicted octanol–water partition coefficient (Wildman–Crippen LogP) is 3.25. The Hall–Kier alpha value is -2.60. The lowest BCUT2D eigenvalue weighted by molar-refractivity contribution is 0.404. The first-order valence-corrected chi connectivity index (χ1v) is 6.79. The van der Waals surface area contributed by atoms with Gasteiger partial charge in [-0.25, -0.2) is 4.98 Å². The van der Waals surface area contributed by atoms with E-state index in [0.717, 1.165) is 31.7 Å². The second kappa shape index (κ2) is 3.94. The average Bonchev–Trinajstić information content (AvgIpc) is 3.06. The lowest BCUT2D eigenvalue weighted by atomic mass is 10.2. The van der Waals surface area contributed by atoms with E-state index in [0.29, 0.717) is 0 Å². The molecular formula is C14H9N3O2S. The number of hydrogen-bond acceptors (Lipinski definition) is 5. The number of aromatic amines is 1. The standard InChI is InChI=1S/C14H9N3O2S/c18-11-4-1-7(5-12(11)19)14-16-10-3-2-9-8(6-15-17-9)13(10)20-14/h1-6,18-19H,(H,15,17). The summed E-state index contributed by atoms with van der Waals surface area (Å²) in [5.74, 6) is -0.276. The highest BCUT2D eigenvalue weighted by atomic mass is 32.1. The van der Waals surface area contributed by atoms with Crippen molar-refractivity contribution in [1.82, 2.24) is 15.2 Å². The van der Waals surface area contributed by atoms with Crippen LogP contribution in [-0.2, 0) is 0 Å². The molecule has 6 heteroatoms. The Morgan fingerprint density at radius 2 is 1.95 bits per heavy atom. The number of H-pyrrole nitrogens is 1. The van der Waals surface area contributed by atoms with Crippen LogP contribution in [0.25, 0.3) is 31.7 Å². The monoisotopic (exact) mass is 283 g/mol. The molecule has 0 aliphatic heterocycles. The highest BCUT2D eigenvalue weighted by molar-refractivity contribution is 7.22. The molecule has 0 atom stereocenters. The molecule has 2 aromatic heterocycles. The van der Waals surface area contributed by atoms with E-state index in [1.54, 1.807) is 12.3 Å². The molecule has 0 radical (unpaired) electrons. The zero-order valence-corrected chi connectivity index (χ0v) is 11.0. The Kier molecular flexibility index (Phi) is 2.22. The molecule has 0 amide bonds. The fraction of sp³-hybridized carbons (Fsp3) is 0. The number of nitrogens with zero attached hydrogens (tertiary/aromatic N) is 2. The third-order valence-electron chi connectivity index (χ3n) is 3.20. The number of phenols is 2. The Morgan fingerprint density at radius 1 is 1.05 bits per heavy atom. The van der Waals surface area contributed by atoms with E-state index in [-0.39, 0.29) is 11.5 Å². The van der Waals surface area contributed by atoms with E-state index in [1.165, 1.54) is 23.5 Å². The molecule has 0 aliphatic rings. The Balaban J connectivity index is 1.97. The van der Waals surface area contributed by atoms with Crippen LogP contribution >= 0.6 is 11.3 Å². The molecule has 98 valence electrons. The lowest BCUT2D eigenvalue weighted by Gasteiger charge is -1.99. The average molecular weight is 283 g/mol. The van der Waals surface area contributed by atoms with Crippen molar-refractivity contribution in [3.8, 4) is 22.1 Å². The van der Waals surface area contributed by atoms with Crippen LogP contribution in [-0.4, -0.2) is 25.4 Å². The zero-order chi connectivity index (χ0) is 13.7. The fourth-order valence-electron chi connectivity index (χ4n) is 2.18. The molecule has 0 bridgehead atoms. The van der Waals surface area contributed by atoms with Gasteiger partial charge in [0, 0.05) is 10.9 Å². The third-order valence-corrected chi connectivity index (χ3v) is 4.35. The van der Waals surface area contributed by atoms with Gasteiger partial charge in [-0.15, -0.1) is 11.3 Å². The van der Waals surface area contributed by atoms with Gasteiger partial charge in [0.1, 0.15) is 5.01 Å². The number of benzene rings is 2. The normalized spacial score (nSPS) is 11.4. The second-order valence-electron chi connectivity index (χ2n) is 4.47. The van der Waals surface area contributed by atoms with Gasteiger partial charge in [-0.1, -0.05) is 0 Å². The maximum atomic E-state index is 9.59. The van der Waals surface area contributed by atoms with Crippen LogP contribution in [0.4, 0.5) is 0 Å². The maximum Gasteiger partial charge on any atom is 0.158 e. The van der Waals surface area contributed by atoms with E-state index in [9.17, 15) is 10.2 Å². The Labute approximate surface area is 117 Å². The van der Waals surface area contributed by atoms with Gasteiger partial charge in [0.25, 0.3) is 0 Å². The smallest absolute Gasteiger partial charge is 0.158 e. The van der Waals surface area contributed by atoms with E-state index in [4.69, 9.17) is 0 Å². The molecule has 2 heterocycles. The quantitative estimate of drug-likeness (QED) is 0.468. The molecule has 3 N–H and O–H groups in total. The molecule has 2 aromatic carbocycles. The number of aromatic nitrogens is 3. The number of thiazole rings is 1. The van der Waals surface area contributed by atoms with Crippen molar-refractivity contribution in [2.24, 2.45) is 0 Å². The van der Waals surface area contributed by atoms with Crippen LogP contribution in [0.5, 0.6) is 11.5 Å². The number of aromatic hydroxyl groups is 2. The number of fused-ring (bicyclic) bond motifs is 3. The van der Waals surface area contributed by atoms with Crippen LogP contribution in [0.2, 0.25) is 0 Å². The van der Waals surface area contributed by atoms with Crippen molar-refractivity contribution in [2.75, 3.05) is 0 Å². The number of nitrogens with one attached hydrogen (secondary N) is 1. The van der Waals surface area contributed by atoms with Crippen LogP contribution in [0.3, 0.4) is 0 Å². The van der Waals surface area contributed by atoms with Crippen molar-refractivity contribution in [3.63, 3.8) is 0 Å². The highest BCUT2D eigenvalue weighted by Gasteiger charge is 2.11. The topological polar surface area (TPSA) is 82.0 Å². The summed E-state index contributed by atoms with van der Waals surface area (Å²) < 4.78 is 1.05. The third kappa shape index (κ3) is 1.55. The highest BCUT2D eigenvalue weighted by Crippen LogP contribution is 2.37. The van der Waals surface area contributed by atoms with Gasteiger partial charge in [-0.05, 0) is 30.3 Å². The van der Waals surface area contributed by atoms with Crippen molar-refractivity contribution >= 4 is 32.5 Å². The first kappa shape index (κ1) is 11.2. The Morgan fingerprint density at radius 3 is 2.80 bits per heavy atom. The van der Waals surface area contributed by atoms with Crippen molar-refractivity contribution in [2.45, 2.75) is 0 Å². The van der Waals surface area contributed by atoms with E-state index in [1.807, 2.05) is 12.1 Å². The van der Waals surface area contributed by atoms with Gasteiger partial charge < -0.3 is 10.2 Å². The van der Waals surface area contributed by atoms with Crippen molar-refractivity contribution < 1.29 is 10.2 Å². The minimum atomic E-state index is -0.143. The number of rotatable bonds is 1. The van der Waals surface area contributed by atoms with Crippen LogP contribution in [0.15, 0.2) is 36.5 Å². The second-order valence-corrected chi connectivity index (χ2v) is 5.47. The van der Waals surface area contributed by atoms with E-state index in [2.05, 4.69) is 15.2 Å². The summed E-state index contributed by atoms with van der Waals surface area (Å²) in [7, 11) is 0. The summed E-state index contributed by atoms with van der Waals surface area (Å²) in [6.45, 7) is 0. The fourth-order valence-corrected chi connectivity index (χ4v) is 3.26. The number of hydrogen-bond donors (Lipinski definition) is 3. The minimum absolute atomic E-state index is 0.132. The summed E-state index contributed by atoms with van der Waals surface area (Å²) >= 11 is 1.54. The molecular weight excluding hydrogens is 274 g/mol.